The van der Waals surface area contributed by atoms with Crippen LogP contribution >= 0.6 is 31.9 Å². The number of halogens is 3. The molecule has 0 aliphatic rings. The van der Waals surface area contributed by atoms with Gasteiger partial charge in [0.15, 0.2) is 11.0 Å². The Bertz CT molecular complexity index is 1410. The van der Waals surface area contributed by atoms with E-state index in [9.17, 15) is 0 Å². The smallest absolute Gasteiger partial charge is 0.245 e. The molecule has 0 N–H and O–H groups in total. The number of hydrogen-bond acceptors (Lipinski definition) is 2. The molecule has 0 aliphatic carbocycles. The maximum absolute atomic E-state index is 6.58. The molecule has 3 aromatic carbocycles. The van der Waals surface area contributed by atoms with Crippen molar-refractivity contribution in [1.82, 2.24) is 4.57 Å². The molecule has 0 unspecified atom stereocenters. The Morgan fingerprint density at radius 2 is 1.38 bits per heavy atom. The van der Waals surface area contributed by atoms with Crippen molar-refractivity contribution in [2.75, 3.05) is 13.2 Å². The standard InChI is InChI=1S/C33H43Br2N2O2.BrH/c1-22(2)11-14-36-21-37(31-19-29(35)28(34)18-30(31)36)20-25-17-32(38-15-12-23(3)4)26-9-7-8-10-27(26)33(25)39-16-13-24(5)6;/h7-10,17-19,21-24H,11-16,20H2,1-6H3;1H/q+1;/p-1. The van der Waals surface area contributed by atoms with Crippen LogP contribution in [0.25, 0.3) is 21.8 Å². The van der Waals surface area contributed by atoms with Crippen molar-refractivity contribution in [2.24, 2.45) is 17.8 Å². The van der Waals surface area contributed by atoms with Crippen LogP contribution in [0.2, 0.25) is 0 Å². The molecular formula is C33H43Br3N2O2. The highest BCUT2D eigenvalue weighted by molar-refractivity contribution is 9.13. The molecule has 4 rings (SSSR count). The minimum atomic E-state index is 0. The Labute approximate surface area is 267 Å². The van der Waals surface area contributed by atoms with Crippen molar-refractivity contribution >= 4 is 53.7 Å². The predicted molar refractivity (Wildman–Crippen MR) is 170 cm³/mol. The van der Waals surface area contributed by atoms with Gasteiger partial charge in [0.1, 0.15) is 18.0 Å². The van der Waals surface area contributed by atoms with Crippen LogP contribution in [0.5, 0.6) is 11.5 Å². The average Bonchev–Trinajstić information content (AvgIpc) is 3.20. The number of nitrogens with zero attached hydrogens (tertiary/aromatic N) is 2. The maximum atomic E-state index is 6.58. The van der Waals surface area contributed by atoms with Gasteiger partial charge < -0.3 is 26.5 Å². The largest absolute Gasteiger partial charge is 1.00 e. The van der Waals surface area contributed by atoms with Gasteiger partial charge in [0.25, 0.3) is 0 Å². The first-order valence-corrected chi connectivity index (χ1v) is 15.9. The maximum Gasteiger partial charge on any atom is 0.245 e. The van der Waals surface area contributed by atoms with Gasteiger partial charge in [-0.25, -0.2) is 9.13 Å². The summed E-state index contributed by atoms with van der Waals surface area (Å²) in [6.45, 7) is 16.6. The summed E-state index contributed by atoms with van der Waals surface area (Å²) in [7, 11) is 0. The number of ether oxygens (including phenoxy) is 2. The lowest BCUT2D eigenvalue weighted by atomic mass is 10.0. The SMILES string of the molecule is CC(C)CCOc1cc(C[n+]2cn(CCC(C)C)c3cc(Br)c(Br)cc32)c(OCCC(C)C)c2ccccc12.[Br-]. The van der Waals surface area contributed by atoms with Gasteiger partial charge in [-0.3, -0.25) is 0 Å². The van der Waals surface area contributed by atoms with Crippen molar-refractivity contribution in [3.8, 4) is 11.5 Å². The minimum absolute atomic E-state index is 0. The van der Waals surface area contributed by atoms with Crippen LogP contribution in [0.1, 0.15) is 66.4 Å². The van der Waals surface area contributed by atoms with Crippen molar-refractivity contribution < 1.29 is 31.0 Å². The van der Waals surface area contributed by atoms with Gasteiger partial charge in [-0.05, 0) is 74.9 Å². The molecule has 0 fully saturated rings. The van der Waals surface area contributed by atoms with Gasteiger partial charge in [0, 0.05) is 37.4 Å². The molecule has 0 atom stereocenters. The van der Waals surface area contributed by atoms with Gasteiger partial charge in [-0.2, -0.15) is 0 Å². The van der Waals surface area contributed by atoms with E-state index in [1.54, 1.807) is 0 Å². The zero-order chi connectivity index (χ0) is 28.1. The minimum Gasteiger partial charge on any atom is -1.00 e. The van der Waals surface area contributed by atoms with Crippen LogP contribution < -0.4 is 31.0 Å². The second-order valence-corrected chi connectivity index (χ2v) is 13.6. The molecule has 0 bridgehead atoms. The quantitative estimate of drug-likeness (QED) is 0.146. The molecule has 1 heterocycles. The van der Waals surface area contributed by atoms with E-state index < -0.39 is 0 Å². The molecular weight excluding hydrogens is 696 g/mol. The van der Waals surface area contributed by atoms with Crippen LogP contribution in [0.3, 0.4) is 0 Å². The number of fused-ring (bicyclic) bond motifs is 2. The summed E-state index contributed by atoms with van der Waals surface area (Å²) < 4.78 is 19.8. The Balaban J connectivity index is 0.00000441. The normalized spacial score (nSPS) is 11.7. The Morgan fingerprint density at radius 3 is 2.02 bits per heavy atom. The lowest BCUT2D eigenvalue weighted by Crippen LogP contribution is -3.00. The molecule has 0 aliphatic heterocycles. The fourth-order valence-electron chi connectivity index (χ4n) is 4.74. The number of aromatic nitrogens is 2. The van der Waals surface area contributed by atoms with Gasteiger partial charge >= 0.3 is 0 Å². The Kier molecular flexibility index (Phi) is 12.4. The van der Waals surface area contributed by atoms with E-state index in [1.165, 1.54) is 11.0 Å². The van der Waals surface area contributed by atoms with E-state index in [-0.39, 0.29) is 17.0 Å². The molecule has 7 heteroatoms. The average molecular weight is 739 g/mol. The van der Waals surface area contributed by atoms with Crippen LogP contribution in [0.15, 0.2) is 57.7 Å². The monoisotopic (exact) mass is 736 g/mol. The summed E-state index contributed by atoms with van der Waals surface area (Å²) in [6, 6.07) is 15.1. The van der Waals surface area contributed by atoms with E-state index in [2.05, 4.69) is 131 Å². The summed E-state index contributed by atoms with van der Waals surface area (Å²) in [5, 5.41) is 2.23. The molecule has 0 saturated carbocycles. The van der Waals surface area contributed by atoms with Crippen LogP contribution in [-0.2, 0) is 13.1 Å². The number of benzene rings is 3. The van der Waals surface area contributed by atoms with Crippen LogP contribution in [-0.4, -0.2) is 17.8 Å². The van der Waals surface area contributed by atoms with Crippen LogP contribution in [0.4, 0.5) is 0 Å². The number of rotatable bonds is 13. The van der Waals surface area contributed by atoms with Crippen molar-refractivity contribution in [3.63, 3.8) is 0 Å². The summed E-state index contributed by atoms with van der Waals surface area (Å²) >= 11 is 7.46. The molecule has 4 aromatic rings. The van der Waals surface area contributed by atoms with E-state index >= 15 is 0 Å². The third kappa shape index (κ3) is 8.25. The lowest BCUT2D eigenvalue weighted by Gasteiger charge is -2.18. The summed E-state index contributed by atoms with van der Waals surface area (Å²) in [4.78, 5) is 0. The predicted octanol–water partition coefficient (Wildman–Crippen LogP) is 6.56. The molecule has 0 saturated heterocycles. The number of hydrogen-bond donors (Lipinski definition) is 0. The molecule has 0 radical (unpaired) electrons. The second kappa shape index (κ2) is 15.1. The summed E-state index contributed by atoms with van der Waals surface area (Å²) in [5.41, 5.74) is 3.56. The third-order valence-electron chi connectivity index (χ3n) is 7.13. The fraction of sp³-hybridized carbons (Fsp3) is 0.485. The number of imidazole rings is 1. The van der Waals surface area contributed by atoms with E-state index in [1.807, 2.05) is 0 Å². The number of aryl methyl sites for hydroxylation is 1. The first-order valence-electron chi connectivity index (χ1n) is 14.3. The van der Waals surface area contributed by atoms with Gasteiger partial charge in [0.2, 0.25) is 6.33 Å². The van der Waals surface area contributed by atoms with Gasteiger partial charge in [-0.15, -0.1) is 0 Å². The first-order chi connectivity index (χ1) is 18.6. The summed E-state index contributed by atoms with van der Waals surface area (Å²) in [6.07, 6.45) is 5.43. The molecule has 218 valence electrons. The summed E-state index contributed by atoms with van der Waals surface area (Å²) in [5.74, 6) is 3.73. The first kappa shape index (κ1) is 32.9. The molecule has 0 spiro atoms. The second-order valence-electron chi connectivity index (χ2n) is 11.8. The van der Waals surface area contributed by atoms with Crippen LogP contribution in [0, 0.1) is 17.8 Å². The highest BCUT2D eigenvalue weighted by atomic mass is 79.9. The highest BCUT2D eigenvalue weighted by Crippen LogP contribution is 2.38. The molecule has 0 amide bonds. The van der Waals surface area contributed by atoms with E-state index in [0.717, 1.165) is 62.6 Å². The molecule has 4 nitrogen and oxygen atoms in total. The zero-order valence-corrected chi connectivity index (χ0v) is 29.4. The highest BCUT2D eigenvalue weighted by Gasteiger charge is 2.22. The molecule has 40 heavy (non-hydrogen) atoms. The Hall–Kier alpha value is -1.57. The van der Waals surface area contributed by atoms with Crippen molar-refractivity contribution in [3.05, 3.63) is 63.3 Å². The third-order valence-corrected chi connectivity index (χ3v) is 8.98. The van der Waals surface area contributed by atoms with E-state index in [4.69, 9.17) is 9.47 Å². The Morgan fingerprint density at radius 1 is 0.775 bits per heavy atom. The molecule has 1 aromatic heterocycles. The lowest BCUT2D eigenvalue weighted by molar-refractivity contribution is -0.663. The zero-order valence-electron chi connectivity index (χ0n) is 24.6. The van der Waals surface area contributed by atoms with Gasteiger partial charge in [-0.1, -0.05) is 65.8 Å². The van der Waals surface area contributed by atoms with Crippen molar-refractivity contribution in [2.45, 2.75) is 73.9 Å². The topological polar surface area (TPSA) is 27.3 Å². The van der Waals surface area contributed by atoms with Gasteiger partial charge in [0.05, 0.1) is 19.8 Å². The fourth-order valence-corrected chi connectivity index (χ4v) is 5.41. The van der Waals surface area contributed by atoms with E-state index in [0.29, 0.717) is 37.5 Å². The van der Waals surface area contributed by atoms with Crippen molar-refractivity contribution in [1.29, 1.82) is 0 Å².